The second kappa shape index (κ2) is 7.05. The zero-order valence-corrected chi connectivity index (χ0v) is 12.2. The number of thiazole rings is 1. The van der Waals surface area contributed by atoms with E-state index in [9.17, 15) is 9.59 Å². The van der Waals surface area contributed by atoms with Gasteiger partial charge in [0.1, 0.15) is 6.54 Å². The van der Waals surface area contributed by atoms with Gasteiger partial charge in [-0.25, -0.2) is 0 Å². The first-order valence-corrected chi connectivity index (χ1v) is 7.39. The number of esters is 1. The molecule has 0 saturated heterocycles. The van der Waals surface area contributed by atoms with Crippen molar-refractivity contribution in [3.05, 3.63) is 56.6 Å². The summed E-state index contributed by atoms with van der Waals surface area (Å²) in [7, 11) is 0. The van der Waals surface area contributed by atoms with Gasteiger partial charge in [0, 0.05) is 11.1 Å². The second-order valence-electron chi connectivity index (χ2n) is 4.54. The maximum Gasteiger partial charge on any atom is 0.326 e. The highest BCUT2D eigenvalue weighted by molar-refractivity contribution is 7.07. The van der Waals surface area contributed by atoms with Crippen LogP contribution in [-0.2, 0) is 22.5 Å². The van der Waals surface area contributed by atoms with Crippen molar-refractivity contribution in [2.24, 2.45) is 0 Å². The van der Waals surface area contributed by atoms with E-state index in [2.05, 4.69) is 12.1 Å². The molecule has 0 atom stereocenters. The largest absolute Gasteiger partial charge is 0.464 e. The molecule has 0 spiro atoms. The third-order valence-corrected chi connectivity index (χ3v) is 3.86. The van der Waals surface area contributed by atoms with Gasteiger partial charge in [-0.1, -0.05) is 41.7 Å². The number of rotatable bonds is 6. The van der Waals surface area contributed by atoms with Crippen LogP contribution in [0.25, 0.3) is 0 Å². The normalized spacial score (nSPS) is 10.4. The van der Waals surface area contributed by atoms with E-state index >= 15 is 0 Å². The molecule has 20 heavy (non-hydrogen) atoms. The molecule has 0 unspecified atom stereocenters. The van der Waals surface area contributed by atoms with E-state index < -0.39 is 0 Å². The SMILES string of the molecule is Cc1csc(=O)n1CC(=O)OCCCc1ccccc1. The van der Waals surface area contributed by atoms with Gasteiger partial charge >= 0.3 is 10.8 Å². The summed E-state index contributed by atoms with van der Waals surface area (Å²) >= 11 is 1.10. The van der Waals surface area contributed by atoms with Crippen molar-refractivity contribution in [2.75, 3.05) is 6.61 Å². The molecule has 0 amide bonds. The summed E-state index contributed by atoms with van der Waals surface area (Å²) in [6.07, 6.45) is 1.67. The molecule has 2 aromatic rings. The summed E-state index contributed by atoms with van der Waals surface area (Å²) in [4.78, 5) is 23.0. The van der Waals surface area contributed by atoms with Crippen molar-refractivity contribution in [1.82, 2.24) is 4.57 Å². The summed E-state index contributed by atoms with van der Waals surface area (Å²) in [5.41, 5.74) is 2.02. The van der Waals surface area contributed by atoms with Crippen molar-refractivity contribution < 1.29 is 9.53 Å². The summed E-state index contributed by atoms with van der Waals surface area (Å²) in [5, 5.41) is 1.74. The predicted octanol–water partition coefficient (Wildman–Crippen LogP) is 2.39. The minimum absolute atomic E-state index is 0.000492. The fourth-order valence-electron chi connectivity index (χ4n) is 1.88. The molecule has 1 aromatic heterocycles. The predicted molar refractivity (Wildman–Crippen MR) is 79.0 cm³/mol. The number of carbonyl (C=O) groups excluding carboxylic acids is 1. The molecule has 5 heteroatoms. The van der Waals surface area contributed by atoms with E-state index in [1.165, 1.54) is 10.1 Å². The monoisotopic (exact) mass is 291 g/mol. The van der Waals surface area contributed by atoms with Crippen LogP contribution < -0.4 is 4.87 Å². The van der Waals surface area contributed by atoms with E-state index in [4.69, 9.17) is 4.74 Å². The number of ether oxygens (including phenoxy) is 1. The van der Waals surface area contributed by atoms with Crippen LogP contribution in [0.4, 0.5) is 0 Å². The fraction of sp³-hybridized carbons (Fsp3) is 0.333. The van der Waals surface area contributed by atoms with E-state index in [-0.39, 0.29) is 17.4 Å². The highest BCUT2D eigenvalue weighted by Gasteiger charge is 2.09. The quantitative estimate of drug-likeness (QED) is 0.606. The Morgan fingerprint density at radius 3 is 2.70 bits per heavy atom. The number of hydrogen-bond donors (Lipinski definition) is 0. The molecular weight excluding hydrogens is 274 g/mol. The second-order valence-corrected chi connectivity index (χ2v) is 5.36. The smallest absolute Gasteiger partial charge is 0.326 e. The molecule has 4 nitrogen and oxygen atoms in total. The molecule has 0 N–H and O–H groups in total. The summed E-state index contributed by atoms with van der Waals surface area (Å²) in [6.45, 7) is 2.19. The average Bonchev–Trinajstić information content (AvgIpc) is 2.77. The Kier molecular flexibility index (Phi) is 5.12. The van der Waals surface area contributed by atoms with E-state index in [0.29, 0.717) is 6.61 Å². The van der Waals surface area contributed by atoms with Crippen LogP contribution in [0.5, 0.6) is 0 Å². The summed E-state index contributed by atoms with van der Waals surface area (Å²) in [5.74, 6) is -0.360. The maximum absolute atomic E-state index is 11.6. The summed E-state index contributed by atoms with van der Waals surface area (Å²) in [6, 6.07) is 10.1. The van der Waals surface area contributed by atoms with Crippen LogP contribution in [0, 0.1) is 6.92 Å². The van der Waals surface area contributed by atoms with Crippen molar-refractivity contribution in [2.45, 2.75) is 26.3 Å². The van der Waals surface area contributed by atoms with Crippen LogP contribution in [0.1, 0.15) is 17.7 Å². The Morgan fingerprint density at radius 1 is 1.30 bits per heavy atom. The van der Waals surface area contributed by atoms with Gasteiger partial charge in [0.25, 0.3) is 0 Å². The van der Waals surface area contributed by atoms with Crippen LogP contribution in [0.15, 0.2) is 40.5 Å². The van der Waals surface area contributed by atoms with Crippen molar-refractivity contribution in [3.63, 3.8) is 0 Å². The van der Waals surface area contributed by atoms with Crippen molar-refractivity contribution >= 4 is 17.3 Å². The topological polar surface area (TPSA) is 48.3 Å². The average molecular weight is 291 g/mol. The lowest BCUT2D eigenvalue weighted by molar-refractivity contribution is -0.144. The molecule has 0 fully saturated rings. The standard InChI is InChI=1S/C15H17NO3S/c1-12-11-20-15(18)16(12)10-14(17)19-9-5-8-13-6-3-2-4-7-13/h2-4,6-7,11H,5,8-10H2,1H3. The van der Waals surface area contributed by atoms with Crippen LogP contribution in [-0.4, -0.2) is 17.1 Å². The van der Waals surface area contributed by atoms with Gasteiger partial charge in [-0.15, -0.1) is 0 Å². The van der Waals surface area contributed by atoms with E-state index in [0.717, 1.165) is 29.9 Å². The zero-order chi connectivity index (χ0) is 14.4. The van der Waals surface area contributed by atoms with Gasteiger partial charge in [-0.2, -0.15) is 0 Å². The molecular formula is C15H17NO3S. The number of carbonyl (C=O) groups is 1. The van der Waals surface area contributed by atoms with Gasteiger partial charge in [0.05, 0.1) is 6.61 Å². The van der Waals surface area contributed by atoms with Gasteiger partial charge in [-0.05, 0) is 25.3 Å². The Balaban J connectivity index is 1.72. The molecule has 0 radical (unpaired) electrons. The Bertz CT molecular complexity index is 616. The molecule has 1 heterocycles. The summed E-state index contributed by atoms with van der Waals surface area (Å²) < 4.78 is 6.59. The van der Waals surface area contributed by atoms with E-state index in [1.807, 2.05) is 18.2 Å². The van der Waals surface area contributed by atoms with Crippen LogP contribution in [0.3, 0.4) is 0 Å². The lowest BCUT2D eigenvalue weighted by Gasteiger charge is -2.06. The first-order chi connectivity index (χ1) is 9.66. The van der Waals surface area contributed by atoms with Crippen molar-refractivity contribution in [1.29, 1.82) is 0 Å². The van der Waals surface area contributed by atoms with Crippen LogP contribution >= 0.6 is 11.3 Å². The molecule has 2 rings (SSSR count). The Hall–Kier alpha value is -1.88. The molecule has 0 saturated carbocycles. The lowest BCUT2D eigenvalue weighted by atomic mass is 10.1. The first kappa shape index (κ1) is 14.5. The number of nitrogens with zero attached hydrogens (tertiary/aromatic N) is 1. The minimum Gasteiger partial charge on any atom is -0.464 e. The Labute approximate surface area is 121 Å². The van der Waals surface area contributed by atoms with Crippen molar-refractivity contribution in [3.8, 4) is 0 Å². The highest BCUT2D eigenvalue weighted by atomic mass is 32.1. The lowest BCUT2D eigenvalue weighted by Crippen LogP contribution is -2.22. The molecule has 106 valence electrons. The fourth-order valence-corrected chi connectivity index (χ4v) is 2.61. The molecule has 0 aliphatic heterocycles. The molecule has 1 aromatic carbocycles. The number of aromatic nitrogens is 1. The van der Waals surface area contributed by atoms with E-state index in [1.54, 1.807) is 12.3 Å². The zero-order valence-electron chi connectivity index (χ0n) is 11.4. The van der Waals surface area contributed by atoms with Crippen LogP contribution in [0.2, 0.25) is 0 Å². The van der Waals surface area contributed by atoms with Gasteiger partial charge in [0.2, 0.25) is 0 Å². The number of benzene rings is 1. The van der Waals surface area contributed by atoms with Gasteiger partial charge < -0.3 is 4.74 Å². The highest BCUT2D eigenvalue weighted by Crippen LogP contribution is 2.03. The number of aryl methyl sites for hydroxylation is 2. The molecule has 0 aliphatic rings. The Morgan fingerprint density at radius 2 is 2.05 bits per heavy atom. The maximum atomic E-state index is 11.6. The third kappa shape index (κ3) is 4.06. The first-order valence-electron chi connectivity index (χ1n) is 6.51. The molecule has 0 bridgehead atoms. The molecule has 0 aliphatic carbocycles. The van der Waals surface area contributed by atoms with Gasteiger partial charge in [0.15, 0.2) is 0 Å². The minimum atomic E-state index is -0.360. The number of hydrogen-bond acceptors (Lipinski definition) is 4. The third-order valence-electron chi connectivity index (χ3n) is 2.98. The van der Waals surface area contributed by atoms with Gasteiger partial charge in [-0.3, -0.25) is 14.2 Å².